The maximum Gasteiger partial charge on any atom is 0.262 e. The lowest BCUT2D eigenvalue weighted by Gasteiger charge is -2.37. The van der Waals surface area contributed by atoms with Crippen LogP contribution in [0.3, 0.4) is 0 Å². The quantitative estimate of drug-likeness (QED) is 0.113. The normalized spacial score (nSPS) is 23.0. The molecule has 0 aromatic heterocycles. The third-order valence-corrected chi connectivity index (χ3v) is 11.5. The fourth-order valence-corrected chi connectivity index (χ4v) is 8.59. The average Bonchev–Trinajstić information content (AvgIpc) is 3.44. The molecule has 2 fully saturated rings. The fraction of sp³-hybridized carbons (Fsp3) is 0.395. The van der Waals surface area contributed by atoms with E-state index in [-0.39, 0.29) is 29.4 Å². The summed E-state index contributed by atoms with van der Waals surface area (Å²) >= 11 is 0. The number of ether oxygens (including phenoxy) is 1. The molecular formula is C43H49N5O5. The minimum Gasteiger partial charge on any atom is -0.508 e. The molecule has 4 aromatic carbocycles. The number of benzene rings is 4. The first-order valence-electron chi connectivity index (χ1n) is 19.2. The lowest BCUT2D eigenvalue weighted by atomic mass is 9.76. The van der Waals surface area contributed by atoms with E-state index in [1.54, 1.807) is 24.3 Å². The lowest BCUT2D eigenvalue weighted by Crippen LogP contribution is -2.55. The number of rotatable bonds is 11. The number of amides is 2. The summed E-state index contributed by atoms with van der Waals surface area (Å²) in [5.74, 6) is 0.663. The number of hydrogen-bond donors (Lipinski definition) is 4. The van der Waals surface area contributed by atoms with E-state index in [1.807, 2.05) is 18.2 Å². The Bertz CT molecular complexity index is 1910. The van der Waals surface area contributed by atoms with Crippen LogP contribution in [0.2, 0.25) is 0 Å². The molecule has 276 valence electrons. The second kappa shape index (κ2) is 15.6. The number of carbonyl (C=O) groups is 2. The molecule has 2 amide bonds. The van der Waals surface area contributed by atoms with Gasteiger partial charge in [-0.05, 0) is 86.3 Å². The van der Waals surface area contributed by atoms with E-state index in [2.05, 4.69) is 69.0 Å². The van der Waals surface area contributed by atoms with Crippen LogP contribution in [0.1, 0.15) is 81.3 Å². The number of nitrogens with one attached hydrogen (secondary N) is 2. The Balaban J connectivity index is 0.789. The van der Waals surface area contributed by atoms with Crippen LogP contribution in [0.5, 0.6) is 11.5 Å². The Hall–Kier alpha value is -4.90. The topological polar surface area (TPSA) is 118 Å². The molecule has 4 aliphatic rings. The number of nitrogens with zero attached hydrogens (tertiary/aromatic N) is 3. The van der Waals surface area contributed by atoms with Crippen LogP contribution in [-0.2, 0) is 0 Å². The summed E-state index contributed by atoms with van der Waals surface area (Å²) < 4.78 is 6.15. The van der Waals surface area contributed by atoms with Gasteiger partial charge >= 0.3 is 0 Å². The van der Waals surface area contributed by atoms with E-state index < -0.39 is 12.3 Å². The predicted molar refractivity (Wildman–Crippen MR) is 206 cm³/mol. The number of piperidine rings is 1. The summed E-state index contributed by atoms with van der Waals surface area (Å²) in [6.45, 7) is 7.21. The Morgan fingerprint density at radius 2 is 1.60 bits per heavy atom. The zero-order valence-electron chi connectivity index (χ0n) is 30.1. The number of aliphatic hydroxyl groups is 1. The molecule has 0 aliphatic carbocycles. The van der Waals surface area contributed by atoms with Crippen molar-refractivity contribution in [2.45, 2.75) is 56.2 Å². The van der Waals surface area contributed by atoms with Crippen LogP contribution in [0.15, 0.2) is 91.0 Å². The standard InChI is InChI=1S/C43H49N5O5/c49-33-16-18-35-39(27-33)53-28-37(29-8-3-1-4-9-29)40(35)30-11-14-32(15-12-30)47-24-22-46(23-25-47)21-6-2-5-19-44-31-13-17-34-36(26-31)43(52)48(42(34)51)38-10-7-20-45-41(38)50/h1,3-4,8-9,11-18,26-27,37-38,40-41,44-45,49-50H,2,5-7,10,19-25,28H2/t37?,38?,40-,41?/m1/s1. The number of carbonyl (C=O) groups excluding carboxylic acids is 2. The SMILES string of the molecule is O=C1c2ccc(NCCCCCN3CCN(c4ccc([C@@H]5c6ccc(O)cc6OCC5c5ccccc5)cc4)CC3)cc2C(=O)N1C1CCCNC1O. The Kier molecular flexibility index (Phi) is 10.3. The van der Waals surface area contributed by atoms with Crippen LogP contribution in [0.25, 0.3) is 0 Å². The average molecular weight is 716 g/mol. The van der Waals surface area contributed by atoms with E-state index in [1.165, 1.54) is 21.7 Å². The van der Waals surface area contributed by atoms with Crippen molar-refractivity contribution in [3.8, 4) is 11.5 Å². The van der Waals surface area contributed by atoms with Gasteiger partial charge in [-0.3, -0.25) is 24.7 Å². The van der Waals surface area contributed by atoms with E-state index in [0.717, 1.165) is 82.0 Å². The number of piperazine rings is 1. The van der Waals surface area contributed by atoms with Crippen molar-refractivity contribution in [1.82, 2.24) is 15.1 Å². The molecule has 53 heavy (non-hydrogen) atoms. The molecule has 10 heteroatoms. The molecule has 4 atom stereocenters. The highest BCUT2D eigenvalue weighted by molar-refractivity contribution is 6.22. The van der Waals surface area contributed by atoms with Crippen molar-refractivity contribution in [2.24, 2.45) is 0 Å². The summed E-state index contributed by atoms with van der Waals surface area (Å²) in [6, 6.07) is 30.0. The highest BCUT2D eigenvalue weighted by Crippen LogP contribution is 2.47. The summed E-state index contributed by atoms with van der Waals surface area (Å²) in [5.41, 5.74) is 6.54. The number of aliphatic hydroxyl groups excluding tert-OH is 1. The molecule has 10 nitrogen and oxygen atoms in total. The number of unbranched alkanes of at least 4 members (excludes halogenated alkanes) is 2. The number of hydrogen-bond acceptors (Lipinski definition) is 9. The molecule has 8 rings (SSSR count). The minimum absolute atomic E-state index is 0.136. The number of fused-ring (bicyclic) bond motifs is 2. The van der Waals surface area contributed by atoms with E-state index in [0.29, 0.717) is 30.7 Å². The van der Waals surface area contributed by atoms with Gasteiger partial charge < -0.3 is 25.2 Å². The van der Waals surface area contributed by atoms with Gasteiger partial charge in [0, 0.05) is 67.6 Å². The highest BCUT2D eigenvalue weighted by Gasteiger charge is 2.43. The molecule has 2 saturated heterocycles. The molecule has 0 bridgehead atoms. The first-order chi connectivity index (χ1) is 25.9. The number of phenols is 1. The molecular weight excluding hydrogens is 667 g/mol. The predicted octanol–water partition coefficient (Wildman–Crippen LogP) is 5.77. The van der Waals surface area contributed by atoms with Gasteiger partial charge in [0.1, 0.15) is 17.7 Å². The van der Waals surface area contributed by atoms with Crippen molar-refractivity contribution >= 4 is 23.2 Å². The van der Waals surface area contributed by atoms with Gasteiger partial charge in [0.15, 0.2) is 0 Å². The first-order valence-corrected chi connectivity index (χ1v) is 19.2. The van der Waals surface area contributed by atoms with Crippen molar-refractivity contribution in [3.05, 3.63) is 119 Å². The Morgan fingerprint density at radius 3 is 2.40 bits per heavy atom. The summed E-state index contributed by atoms with van der Waals surface area (Å²) in [4.78, 5) is 32.5. The van der Waals surface area contributed by atoms with Gasteiger partial charge in [0.25, 0.3) is 11.8 Å². The maximum atomic E-state index is 13.2. The molecule has 4 aromatic rings. The van der Waals surface area contributed by atoms with Gasteiger partial charge in [0.2, 0.25) is 0 Å². The van der Waals surface area contributed by atoms with E-state index in [4.69, 9.17) is 4.74 Å². The number of imide groups is 1. The van der Waals surface area contributed by atoms with Gasteiger partial charge in [-0.2, -0.15) is 0 Å². The van der Waals surface area contributed by atoms with Crippen LogP contribution >= 0.6 is 0 Å². The van der Waals surface area contributed by atoms with Crippen LogP contribution < -0.4 is 20.3 Å². The highest BCUT2D eigenvalue weighted by atomic mass is 16.5. The van der Waals surface area contributed by atoms with Crippen molar-refractivity contribution in [1.29, 1.82) is 0 Å². The zero-order valence-corrected chi connectivity index (χ0v) is 30.1. The molecule has 0 spiro atoms. The number of aromatic hydroxyl groups is 1. The molecule has 0 radical (unpaired) electrons. The smallest absolute Gasteiger partial charge is 0.262 e. The van der Waals surface area contributed by atoms with Crippen LogP contribution in [0.4, 0.5) is 11.4 Å². The van der Waals surface area contributed by atoms with Crippen LogP contribution in [0, 0.1) is 0 Å². The molecule has 3 unspecified atom stereocenters. The third kappa shape index (κ3) is 7.36. The fourth-order valence-electron chi connectivity index (χ4n) is 8.59. The minimum atomic E-state index is -0.889. The Labute approximate surface area is 311 Å². The summed E-state index contributed by atoms with van der Waals surface area (Å²) in [5, 5.41) is 26.9. The van der Waals surface area contributed by atoms with Crippen LogP contribution in [-0.4, -0.2) is 96.5 Å². The van der Waals surface area contributed by atoms with Gasteiger partial charge in [-0.15, -0.1) is 0 Å². The number of phenolic OH excluding ortho intramolecular Hbond substituents is 1. The Morgan fingerprint density at radius 1 is 0.811 bits per heavy atom. The zero-order chi connectivity index (χ0) is 36.3. The molecule has 0 saturated carbocycles. The van der Waals surface area contributed by atoms with Gasteiger partial charge in [-0.1, -0.05) is 55.0 Å². The molecule has 4 aliphatic heterocycles. The number of anilines is 2. The maximum absolute atomic E-state index is 13.2. The monoisotopic (exact) mass is 715 g/mol. The largest absolute Gasteiger partial charge is 0.508 e. The second-order valence-corrected chi connectivity index (χ2v) is 14.8. The van der Waals surface area contributed by atoms with E-state index in [9.17, 15) is 19.8 Å². The van der Waals surface area contributed by atoms with Crippen molar-refractivity contribution < 1.29 is 24.5 Å². The van der Waals surface area contributed by atoms with Gasteiger partial charge in [0.05, 0.1) is 23.8 Å². The molecule has 4 heterocycles. The first kappa shape index (κ1) is 35.1. The van der Waals surface area contributed by atoms with Gasteiger partial charge in [-0.25, -0.2) is 0 Å². The van der Waals surface area contributed by atoms with E-state index >= 15 is 0 Å². The molecule has 4 N–H and O–H groups in total. The second-order valence-electron chi connectivity index (χ2n) is 14.8. The summed E-state index contributed by atoms with van der Waals surface area (Å²) in [7, 11) is 0. The lowest BCUT2D eigenvalue weighted by molar-refractivity contribution is 0.0113. The van der Waals surface area contributed by atoms with Crippen molar-refractivity contribution in [3.63, 3.8) is 0 Å². The van der Waals surface area contributed by atoms with Crippen molar-refractivity contribution in [2.75, 3.05) is 62.6 Å². The third-order valence-electron chi connectivity index (χ3n) is 11.5. The summed E-state index contributed by atoms with van der Waals surface area (Å²) in [6.07, 6.45) is 3.78.